The number of aliphatic hydroxyl groups is 1. The van der Waals surface area contributed by atoms with Crippen LogP contribution in [0.2, 0.25) is 0 Å². The largest absolute Gasteiger partial charge is 0.416 e. The number of alkyl halides is 3. The smallest absolute Gasteiger partial charge is 0.382 e. The first-order valence-electron chi connectivity index (χ1n) is 5.37. The molecule has 98 valence electrons. The zero-order chi connectivity index (χ0) is 13.6. The molecule has 1 rings (SSSR count). The molecule has 0 heterocycles. The van der Waals surface area contributed by atoms with E-state index < -0.39 is 18.8 Å². The summed E-state index contributed by atoms with van der Waals surface area (Å²) in [4.78, 5) is 1.35. The van der Waals surface area contributed by atoms with Crippen molar-refractivity contribution in [1.29, 1.82) is 5.26 Å². The number of nitrogens with zero attached hydrogens (tertiary/aromatic N) is 2. The first-order valence-corrected chi connectivity index (χ1v) is 5.37. The maximum atomic E-state index is 12.3. The summed E-state index contributed by atoms with van der Waals surface area (Å²) in [6.07, 6.45) is -6.98. The maximum Gasteiger partial charge on any atom is 0.416 e. The molecule has 18 heavy (non-hydrogen) atoms. The van der Waals surface area contributed by atoms with Gasteiger partial charge in [-0.25, -0.2) is 0 Å². The quantitative estimate of drug-likeness (QED) is 0.881. The van der Waals surface area contributed by atoms with E-state index in [4.69, 9.17) is 10.4 Å². The molecule has 1 aromatic carbocycles. The summed E-state index contributed by atoms with van der Waals surface area (Å²) < 4.78 is 36.9. The number of aliphatic hydroxyl groups excluding tert-OH is 1. The first-order chi connectivity index (χ1) is 8.45. The highest BCUT2D eigenvalue weighted by Crippen LogP contribution is 2.23. The van der Waals surface area contributed by atoms with Gasteiger partial charge in [0.15, 0.2) is 6.10 Å². The van der Waals surface area contributed by atoms with Crippen LogP contribution in [0.25, 0.3) is 0 Å². The van der Waals surface area contributed by atoms with Crippen LogP contribution in [0.15, 0.2) is 30.3 Å². The number of benzene rings is 1. The zero-order valence-electron chi connectivity index (χ0n) is 9.56. The number of anilines is 1. The minimum absolute atomic E-state index is 0.0967. The minimum atomic E-state index is -4.65. The van der Waals surface area contributed by atoms with E-state index in [-0.39, 0.29) is 13.0 Å². The Morgan fingerprint density at radius 3 is 2.39 bits per heavy atom. The van der Waals surface area contributed by atoms with Gasteiger partial charge in [-0.2, -0.15) is 18.4 Å². The topological polar surface area (TPSA) is 47.3 Å². The number of para-hydroxylation sites is 1. The van der Waals surface area contributed by atoms with E-state index in [1.54, 1.807) is 30.3 Å². The van der Waals surface area contributed by atoms with E-state index in [0.29, 0.717) is 5.69 Å². The highest BCUT2D eigenvalue weighted by Gasteiger charge is 2.39. The molecule has 0 spiro atoms. The summed E-state index contributed by atoms with van der Waals surface area (Å²) in [6, 6.07) is 10.3. The Hall–Kier alpha value is -1.74. The van der Waals surface area contributed by atoms with Gasteiger partial charge in [0.2, 0.25) is 0 Å². The van der Waals surface area contributed by atoms with Gasteiger partial charge in [-0.15, -0.1) is 0 Å². The van der Waals surface area contributed by atoms with E-state index in [0.717, 1.165) is 0 Å². The molecule has 1 N–H and O–H groups in total. The standard InChI is InChI=1S/C12H13F3N2O/c13-12(14,15)11(18)9-17(8-4-7-16)10-5-2-1-3-6-10/h1-3,5-6,11,18H,4,8-9H2. The SMILES string of the molecule is N#CCCN(CC(O)C(F)(F)F)c1ccccc1. The lowest BCUT2D eigenvalue weighted by molar-refractivity contribution is -0.200. The summed E-state index contributed by atoms with van der Waals surface area (Å²) in [7, 11) is 0. The van der Waals surface area contributed by atoms with Gasteiger partial charge in [-0.1, -0.05) is 18.2 Å². The van der Waals surface area contributed by atoms with Gasteiger partial charge in [0, 0.05) is 12.2 Å². The Morgan fingerprint density at radius 2 is 1.89 bits per heavy atom. The lowest BCUT2D eigenvalue weighted by Crippen LogP contribution is -2.41. The van der Waals surface area contributed by atoms with Gasteiger partial charge >= 0.3 is 6.18 Å². The Kier molecular flexibility index (Phi) is 4.98. The monoisotopic (exact) mass is 258 g/mol. The fourth-order valence-electron chi connectivity index (χ4n) is 1.46. The first kappa shape index (κ1) is 14.3. The highest BCUT2D eigenvalue weighted by molar-refractivity contribution is 5.46. The van der Waals surface area contributed by atoms with Gasteiger partial charge in [-0.3, -0.25) is 0 Å². The van der Waals surface area contributed by atoms with Crippen LogP contribution in [-0.2, 0) is 0 Å². The third-order valence-electron chi connectivity index (χ3n) is 2.39. The van der Waals surface area contributed by atoms with Gasteiger partial charge in [-0.05, 0) is 12.1 Å². The molecule has 0 bridgehead atoms. The van der Waals surface area contributed by atoms with Crippen LogP contribution < -0.4 is 4.90 Å². The van der Waals surface area contributed by atoms with Crippen molar-refractivity contribution >= 4 is 5.69 Å². The van der Waals surface area contributed by atoms with Crippen molar-refractivity contribution in [1.82, 2.24) is 0 Å². The second-order valence-corrected chi connectivity index (χ2v) is 3.75. The van der Waals surface area contributed by atoms with Crippen LogP contribution in [0.1, 0.15) is 6.42 Å². The number of hydrogen-bond acceptors (Lipinski definition) is 3. The Bertz CT molecular complexity index is 400. The predicted octanol–water partition coefficient (Wildman–Crippen LogP) is 2.33. The Morgan fingerprint density at radius 1 is 1.28 bits per heavy atom. The fourth-order valence-corrected chi connectivity index (χ4v) is 1.46. The summed E-state index contributed by atoms with van der Waals surface area (Å²) >= 11 is 0. The van der Waals surface area contributed by atoms with Crippen LogP contribution in [0, 0.1) is 11.3 Å². The van der Waals surface area contributed by atoms with Crippen molar-refractivity contribution in [2.24, 2.45) is 0 Å². The van der Waals surface area contributed by atoms with Gasteiger partial charge in [0.05, 0.1) is 19.0 Å². The molecule has 1 atom stereocenters. The summed E-state index contributed by atoms with van der Waals surface area (Å²) in [5.41, 5.74) is 0.552. The molecule has 0 saturated carbocycles. The van der Waals surface area contributed by atoms with E-state index in [1.807, 2.05) is 6.07 Å². The Balaban J connectivity index is 2.77. The van der Waals surface area contributed by atoms with E-state index >= 15 is 0 Å². The highest BCUT2D eigenvalue weighted by atomic mass is 19.4. The minimum Gasteiger partial charge on any atom is -0.382 e. The molecule has 0 amide bonds. The third kappa shape index (κ3) is 4.26. The maximum absolute atomic E-state index is 12.3. The van der Waals surface area contributed by atoms with E-state index in [9.17, 15) is 13.2 Å². The van der Waals surface area contributed by atoms with E-state index in [2.05, 4.69) is 0 Å². The fraction of sp³-hybridized carbons (Fsp3) is 0.417. The molecule has 0 aliphatic rings. The zero-order valence-corrected chi connectivity index (χ0v) is 9.56. The van der Waals surface area contributed by atoms with Crippen LogP contribution >= 0.6 is 0 Å². The van der Waals surface area contributed by atoms with Crippen molar-refractivity contribution in [3.05, 3.63) is 30.3 Å². The average Bonchev–Trinajstić information content (AvgIpc) is 2.34. The number of hydrogen-bond donors (Lipinski definition) is 1. The molecule has 0 radical (unpaired) electrons. The molecular weight excluding hydrogens is 245 g/mol. The van der Waals surface area contributed by atoms with Crippen LogP contribution in [0.4, 0.5) is 18.9 Å². The molecule has 0 aliphatic heterocycles. The number of nitriles is 1. The lowest BCUT2D eigenvalue weighted by Gasteiger charge is -2.27. The molecule has 3 nitrogen and oxygen atoms in total. The summed E-state index contributed by atoms with van der Waals surface area (Å²) in [6.45, 7) is -0.428. The number of rotatable bonds is 5. The average molecular weight is 258 g/mol. The van der Waals surface area contributed by atoms with Crippen molar-refractivity contribution in [2.75, 3.05) is 18.0 Å². The van der Waals surface area contributed by atoms with Crippen molar-refractivity contribution in [3.8, 4) is 6.07 Å². The Labute approximate surface area is 103 Å². The summed E-state index contributed by atoms with van der Waals surface area (Å²) in [5, 5.41) is 17.6. The van der Waals surface area contributed by atoms with Crippen LogP contribution in [0.5, 0.6) is 0 Å². The van der Waals surface area contributed by atoms with Crippen molar-refractivity contribution < 1.29 is 18.3 Å². The third-order valence-corrected chi connectivity index (χ3v) is 2.39. The molecule has 0 aliphatic carbocycles. The molecule has 1 aromatic rings. The lowest BCUT2D eigenvalue weighted by atomic mass is 10.2. The second kappa shape index (κ2) is 6.26. The van der Waals surface area contributed by atoms with Gasteiger partial charge in [0.1, 0.15) is 0 Å². The molecule has 6 heteroatoms. The summed E-state index contributed by atoms with van der Waals surface area (Å²) in [5.74, 6) is 0. The molecule has 0 saturated heterocycles. The molecule has 0 fully saturated rings. The van der Waals surface area contributed by atoms with Crippen LogP contribution in [-0.4, -0.2) is 30.5 Å². The molecular formula is C12H13F3N2O. The predicted molar refractivity (Wildman–Crippen MR) is 60.9 cm³/mol. The number of halogens is 3. The second-order valence-electron chi connectivity index (χ2n) is 3.75. The van der Waals surface area contributed by atoms with Gasteiger partial charge < -0.3 is 10.0 Å². The normalized spacial score (nSPS) is 12.8. The van der Waals surface area contributed by atoms with Crippen molar-refractivity contribution in [2.45, 2.75) is 18.7 Å². The molecule has 0 aromatic heterocycles. The molecule has 1 unspecified atom stereocenters. The van der Waals surface area contributed by atoms with Gasteiger partial charge in [0.25, 0.3) is 0 Å². The van der Waals surface area contributed by atoms with Crippen LogP contribution in [0.3, 0.4) is 0 Å². The van der Waals surface area contributed by atoms with Crippen molar-refractivity contribution in [3.63, 3.8) is 0 Å². The van der Waals surface area contributed by atoms with E-state index in [1.165, 1.54) is 4.90 Å².